The minimum Gasteiger partial charge on any atom is -0.392 e. The third-order valence-corrected chi connectivity index (χ3v) is 3.50. The Morgan fingerprint density at radius 2 is 2.38 bits per heavy atom. The Kier molecular flexibility index (Phi) is 5.15. The maximum atomic E-state index is 11.6. The Bertz CT molecular complexity index is 270. The molecule has 1 saturated heterocycles. The number of rotatable bonds is 4. The molecule has 1 rings (SSSR count). The molecule has 2 unspecified atom stereocenters. The standard InChI is InChI=1S/C11H21N3OS/c1-3-9(10(12)16)14-6-4-5-8(7-14)11(15)13-2/h8-9H,3-7H2,1-2H3,(H2,12,16)(H,13,15). The van der Waals surface area contributed by atoms with Gasteiger partial charge in [0, 0.05) is 13.6 Å². The van der Waals surface area contributed by atoms with Gasteiger partial charge in [-0.15, -0.1) is 0 Å². The van der Waals surface area contributed by atoms with Crippen LogP contribution >= 0.6 is 12.2 Å². The summed E-state index contributed by atoms with van der Waals surface area (Å²) in [5.74, 6) is 0.213. The third kappa shape index (κ3) is 3.15. The summed E-state index contributed by atoms with van der Waals surface area (Å²) in [7, 11) is 1.69. The fourth-order valence-corrected chi connectivity index (χ4v) is 2.66. The molecule has 1 aliphatic heterocycles. The van der Waals surface area contributed by atoms with Crippen molar-refractivity contribution in [1.29, 1.82) is 0 Å². The van der Waals surface area contributed by atoms with Crippen LogP contribution < -0.4 is 11.1 Å². The zero-order chi connectivity index (χ0) is 12.1. The summed E-state index contributed by atoms with van der Waals surface area (Å²) in [6, 6.07) is 0.141. The van der Waals surface area contributed by atoms with Gasteiger partial charge in [0.15, 0.2) is 0 Å². The first-order valence-corrected chi connectivity index (χ1v) is 6.26. The van der Waals surface area contributed by atoms with Gasteiger partial charge >= 0.3 is 0 Å². The molecule has 0 radical (unpaired) electrons. The lowest BCUT2D eigenvalue weighted by Gasteiger charge is -2.36. The molecular formula is C11H21N3OS. The molecule has 1 heterocycles. The molecule has 5 heteroatoms. The van der Waals surface area contributed by atoms with Crippen molar-refractivity contribution in [3.05, 3.63) is 0 Å². The largest absolute Gasteiger partial charge is 0.392 e. The minimum absolute atomic E-state index is 0.0853. The Morgan fingerprint density at radius 1 is 1.69 bits per heavy atom. The van der Waals surface area contributed by atoms with Crippen LogP contribution in [0.5, 0.6) is 0 Å². The summed E-state index contributed by atoms with van der Waals surface area (Å²) in [4.78, 5) is 14.4. The molecular weight excluding hydrogens is 222 g/mol. The topological polar surface area (TPSA) is 58.4 Å². The third-order valence-electron chi connectivity index (χ3n) is 3.23. The van der Waals surface area contributed by atoms with Crippen LogP contribution in [0.3, 0.4) is 0 Å². The van der Waals surface area contributed by atoms with Gasteiger partial charge < -0.3 is 11.1 Å². The fraction of sp³-hybridized carbons (Fsp3) is 0.818. The van der Waals surface area contributed by atoms with Crippen LogP contribution in [0.15, 0.2) is 0 Å². The van der Waals surface area contributed by atoms with Crippen LogP contribution in [0.25, 0.3) is 0 Å². The van der Waals surface area contributed by atoms with Crippen LogP contribution in [-0.4, -0.2) is 42.0 Å². The molecule has 2 atom stereocenters. The zero-order valence-corrected chi connectivity index (χ0v) is 10.8. The Labute approximate surface area is 103 Å². The molecule has 3 N–H and O–H groups in total. The molecule has 0 aromatic heterocycles. The monoisotopic (exact) mass is 243 g/mol. The number of nitrogens with zero attached hydrogens (tertiary/aromatic N) is 1. The van der Waals surface area contributed by atoms with Crippen molar-refractivity contribution >= 4 is 23.1 Å². The molecule has 0 aromatic carbocycles. The summed E-state index contributed by atoms with van der Waals surface area (Å²) < 4.78 is 0. The van der Waals surface area contributed by atoms with Crippen molar-refractivity contribution in [1.82, 2.24) is 10.2 Å². The van der Waals surface area contributed by atoms with Gasteiger partial charge in [-0.3, -0.25) is 9.69 Å². The first-order valence-electron chi connectivity index (χ1n) is 5.85. The van der Waals surface area contributed by atoms with Crippen LogP contribution in [-0.2, 0) is 4.79 Å². The second-order valence-corrected chi connectivity index (χ2v) is 4.75. The Morgan fingerprint density at radius 3 is 2.88 bits per heavy atom. The van der Waals surface area contributed by atoms with Crippen LogP contribution in [0.4, 0.5) is 0 Å². The summed E-state index contributed by atoms with van der Waals surface area (Å²) in [5, 5.41) is 2.71. The number of likely N-dealkylation sites (tertiary alicyclic amines) is 1. The van der Waals surface area contributed by atoms with E-state index in [-0.39, 0.29) is 17.9 Å². The van der Waals surface area contributed by atoms with Gasteiger partial charge in [-0.05, 0) is 25.8 Å². The molecule has 4 nitrogen and oxygen atoms in total. The summed E-state index contributed by atoms with van der Waals surface area (Å²) in [6.07, 6.45) is 2.91. The molecule has 92 valence electrons. The quantitative estimate of drug-likeness (QED) is 0.706. The number of nitrogens with one attached hydrogen (secondary N) is 1. The number of carbonyl (C=O) groups is 1. The number of piperidine rings is 1. The minimum atomic E-state index is 0.0853. The lowest BCUT2D eigenvalue weighted by molar-refractivity contribution is -0.126. The van der Waals surface area contributed by atoms with Crippen LogP contribution in [0.2, 0.25) is 0 Å². The Hall–Kier alpha value is -0.680. The van der Waals surface area contributed by atoms with Gasteiger partial charge in [0.25, 0.3) is 0 Å². The van der Waals surface area contributed by atoms with E-state index in [2.05, 4.69) is 17.1 Å². The summed E-state index contributed by atoms with van der Waals surface area (Å²) in [6.45, 7) is 3.84. The molecule has 0 aromatic rings. The van der Waals surface area contributed by atoms with Crippen LogP contribution in [0, 0.1) is 5.92 Å². The fourth-order valence-electron chi connectivity index (χ4n) is 2.35. The van der Waals surface area contributed by atoms with Gasteiger partial charge in [0.2, 0.25) is 5.91 Å². The summed E-state index contributed by atoms with van der Waals surface area (Å²) in [5.41, 5.74) is 5.72. The first-order chi connectivity index (χ1) is 7.60. The van der Waals surface area contributed by atoms with Gasteiger partial charge in [-0.1, -0.05) is 19.1 Å². The van der Waals surface area contributed by atoms with Crippen molar-refractivity contribution in [2.75, 3.05) is 20.1 Å². The van der Waals surface area contributed by atoms with Crippen molar-refractivity contribution in [3.63, 3.8) is 0 Å². The normalized spacial score (nSPS) is 23.8. The van der Waals surface area contributed by atoms with E-state index in [0.717, 1.165) is 32.4 Å². The van der Waals surface area contributed by atoms with Crippen molar-refractivity contribution in [2.45, 2.75) is 32.2 Å². The van der Waals surface area contributed by atoms with E-state index in [1.165, 1.54) is 0 Å². The molecule has 1 amide bonds. The highest BCUT2D eigenvalue weighted by molar-refractivity contribution is 7.80. The van der Waals surface area contributed by atoms with E-state index >= 15 is 0 Å². The second kappa shape index (κ2) is 6.15. The van der Waals surface area contributed by atoms with E-state index in [4.69, 9.17) is 18.0 Å². The molecule has 0 saturated carbocycles. The number of thiocarbonyl (C=S) groups is 1. The maximum absolute atomic E-state index is 11.6. The number of hydrogen-bond acceptors (Lipinski definition) is 3. The van der Waals surface area contributed by atoms with Crippen LogP contribution in [0.1, 0.15) is 26.2 Å². The molecule has 0 aliphatic carbocycles. The number of amides is 1. The summed E-state index contributed by atoms with van der Waals surface area (Å²) >= 11 is 5.07. The van der Waals surface area contributed by atoms with E-state index in [1.54, 1.807) is 7.05 Å². The zero-order valence-electron chi connectivity index (χ0n) is 10.0. The maximum Gasteiger partial charge on any atom is 0.224 e. The van der Waals surface area contributed by atoms with E-state index < -0.39 is 0 Å². The highest BCUT2D eigenvalue weighted by Crippen LogP contribution is 2.20. The van der Waals surface area contributed by atoms with Crippen molar-refractivity contribution in [3.8, 4) is 0 Å². The van der Waals surface area contributed by atoms with Gasteiger partial charge in [-0.25, -0.2) is 0 Å². The predicted molar refractivity (Wildman–Crippen MR) is 69.2 cm³/mol. The average molecular weight is 243 g/mol. The predicted octanol–water partition coefficient (Wildman–Crippen LogP) is 0.509. The average Bonchev–Trinajstić information content (AvgIpc) is 2.29. The Balaban J connectivity index is 2.62. The molecule has 0 spiro atoms. The molecule has 1 aliphatic rings. The van der Waals surface area contributed by atoms with E-state index in [9.17, 15) is 4.79 Å². The van der Waals surface area contributed by atoms with Gasteiger partial charge in [-0.2, -0.15) is 0 Å². The second-order valence-electron chi connectivity index (χ2n) is 4.27. The van der Waals surface area contributed by atoms with E-state index in [0.29, 0.717) is 4.99 Å². The van der Waals surface area contributed by atoms with Crippen molar-refractivity contribution < 1.29 is 4.79 Å². The molecule has 1 fully saturated rings. The van der Waals surface area contributed by atoms with Gasteiger partial charge in [0.1, 0.15) is 0 Å². The van der Waals surface area contributed by atoms with Crippen molar-refractivity contribution in [2.24, 2.45) is 11.7 Å². The SMILES string of the molecule is CCC(C(N)=S)N1CCCC(C(=O)NC)C1. The number of hydrogen-bond donors (Lipinski definition) is 2. The lowest BCUT2D eigenvalue weighted by atomic mass is 9.95. The highest BCUT2D eigenvalue weighted by Gasteiger charge is 2.29. The molecule has 16 heavy (non-hydrogen) atoms. The van der Waals surface area contributed by atoms with Gasteiger partial charge in [0.05, 0.1) is 16.9 Å². The first kappa shape index (κ1) is 13.4. The molecule has 0 bridgehead atoms. The van der Waals surface area contributed by atoms with E-state index in [1.807, 2.05) is 0 Å². The highest BCUT2D eigenvalue weighted by atomic mass is 32.1. The number of carbonyl (C=O) groups excluding carboxylic acids is 1. The smallest absolute Gasteiger partial charge is 0.224 e. The number of nitrogens with two attached hydrogens (primary N) is 1. The lowest BCUT2D eigenvalue weighted by Crippen LogP contribution is -2.50.